The zero-order chi connectivity index (χ0) is 35.5. The molecule has 3 aliphatic heterocycles. The standard InChI is InChI=1S/C37H43BrClN3O7/c1-5-7-13-29(44)40-20-28(23-11-9-8-10-12-23)48-36(47)30-31-34(45)42(27(21-43)22(3)4)33(37(31)19-26(38)32(30)49-37)35(46)41(18-6-2)25-16-14-24(39)15-17-25/h5-6,8-12,14-17,22,26-28,30-33,43H,1-2,7,13,18-21H2,3-4H3,(H,40,44)/t26?,27-,28+,30-,31+,32-,33-,37+/m0/s1. The lowest BCUT2D eigenvalue weighted by Crippen LogP contribution is -2.60. The maximum absolute atomic E-state index is 14.8. The highest BCUT2D eigenvalue weighted by Gasteiger charge is 2.77. The number of ether oxygens (including phenoxy) is 2. The van der Waals surface area contributed by atoms with E-state index in [9.17, 15) is 24.3 Å². The summed E-state index contributed by atoms with van der Waals surface area (Å²) >= 11 is 9.86. The Morgan fingerprint density at radius 3 is 2.47 bits per heavy atom. The molecule has 0 saturated carbocycles. The number of aliphatic hydroxyl groups is 1. The maximum Gasteiger partial charge on any atom is 0.313 e. The molecule has 5 rings (SSSR count). The minimum Gasteiger partial charge on any atom is -0.455 e. The number of allylic oxidation sites excluding steroid dienone is 1. The van der Waals surface area contributed by atoms with Crippen molar-refractivity contribution in [1.82, 2.24) is 10.2 Å². The summed E-state index contributed by atoms with van der Waals surface area (Å²) in [6, 6.07) is 14.0. The van der Waals surface area contributed by atoms with Crippen LogP contribution in [0.15, 0.2) is 79.9 Å². The van der Waals surface area contributed by atoms with E-state index < -0.39 is 66.1 Å². The molecule has 3 saturated heterocycles. The van der Waals surface area contributed by atoms with Crippen molar-refractivity contribution in [1.29, 1.82) is 0 Å². The second-order valence-electron chi connectivity index (χ2n) is 13.1. The zero-order valence-electron chi connectivity index (χ0n) is 27.7. The predicted octanol–water partition coefficient (Wildman–Crippen LogP) is 4.99. The van der Waals surface area contributed by atoms with Crippen molar-refractivity contribution in [2.75, 3.05) is 24.6 Å². The van der Waals surface area contributed by atoms with Gasteiger partial charge in [-0.15, -0.1) is 13.2 Å². The number of esters is 1. The van der Waals surface area contributed by atoms with Gasteiger partial charge in [-0.1, -0.05) is 83.9 Å². The summed E-state index contributed by atoms with van der Waals surface area (Å²) in [5.74, 6) is -4.07. The molecule has 12 heteroatoms. The normalized spacial score (nSPS) is 26.6. The summed E-state index contributed by atoms with van der Waals surface area (Å²) in [6.45, 7) is 11.0. The van der Waals surface area contributed by atoms with Crippen LogP contribution in [0.25, 0.3) is 0 Å². The molecule has 10 nitrogen and oxygen atoms in total. The Bertz CT molecular complexity index is 1560. The minimum absolute atomic E-state index is 0.0241. The number of fused-ring (bicyclic) bond motifs is 1. The summed E-state index contributed by atoms with van der Waals surface area (Å²) in [6.07, 6.45) is 2.68. The molecule has 0 aromatic heterocycles. The molecular formula is C37H43BrClN3O7. The summed E-state index contributed by atoms with van der Waals surface area (Å²) in [5, 5.41) is 13.9. The van der Waals surface area contributed by atoms with Crippen molar-refractivity contribution in [3.05, 3.63) is 90.5 Å². The van der Waals surface area contributed by atoms with Crippen molar-refractivity contribution in [3.8, 4) is 0 Å². The molecule has 2 aromatic rings. The molecule has 1 spiro atoms. The van der Waals surface area contributed by atoms with Gasteiger partial charge in [0.2, 0.25) is 11.8 Å². The van der Waals surface area contributed by atoms with Crippen LogP contribution in [0.5, 0.6) is 0 Å². The molecule has 3 heterocycles. The number of hydrogen-bond acceptors (Lipinski definition) is 7. The number of anilines is 1. The average molecular weight is 757 g/mol. The van der Waals surface area contributed by atoms with Gasteiger partial charge in [0.05, 0.1) is 37.1 Å². The van der Waals surface area contributed by atoms with E-state index >= 15 is 0 Å². The molecule has 2 bridgehead atoms. The number of likely N-dealkylation sites (tertiary alicyclic amines) is 1. The largest absolute Gasteiger partial charge is 0.455 e. The van der Waals surface area contributed by atoms with Gasteiger partial charge >= 0.3 is 5.97 Å². The number of carbonyl (C=O) groups is 4. The highest BCUT2D eigenvalue weighted by atomic mass is 79.9. The topological polar surface area (TPSA) is 125 Å². The molecule has 262 valence electrons. The number of carbonyl (C=O) groups excluding carboxylic acids is 4. The van der Waals surface area contributed by atoms with E-state index in [1.54, 1.807) is 48.6 Å². The SMILES string of the molecule is C=CCCC(=O)NC[C@@H](OC(=O)[C@@H]1[C@H]2O[C@@]3(CC2Br)[C@H](C(=O)N(CC=C)c2ccc(Cl)cc2)N([C@@H](CO)C(C)C)C(=O)[C@@H]13)c1ccccc1. The second-order valence-corrected chi connectivity index (χ2v) is 14.7. The van der Waals surface area contributed by atoms with E-state index in [2.05, 4.69) is 34.4 Å². The van der Waals surface area contributed by atoms with Gasteiger partial charge in [-0.2, -0.15) is 0 Å². The number of nitrogens with zero attached hydrogens (tertiary/aromatic N) is 2. The fourth-order valence-electron chi connectivity index (χ4n) is 7.46. The highest BCUT2D eigenvalue weighted by molar-refractivity contribution is 9.09. The van der Waals surface area contributed by atoms with Crippen molar-refractivity contribution in [3.63, 3.8) is 0 Å². The lowest BCUT2D eigenvalue weighted by molar-refractivity contribution is -0.161. The summed E-state index contributed by atoms with van der Waals surface area (Å²) < 4.78 is 12.8. The molecule has 0 aliphatic carbocycles. The summed E-state index contributed by atoms with van der Waals surface area (Å²) in [7, 11) is 0. The average Bonchev–Trinajstić information content (AvgIpc) is 3.68. The monoisotopic (exact) mass is 755 g/mol. The highest BCUT2D eigenvalue weighted by Crippen LogP contribution is 2.61. The van der Waals surface area contributed by atoms with Crippen molar-refractivity contribution in [2.45, 2.75) is 67.8 Å². The third-order valence-corrected chi connectivity index (χ3v) is 10.8. The lowest BCUT2D eigenvalue weighted by atomic mass is 9.70. The smallest absolute Gasteiger partial charge is 0.313 e. The fourth-order valence-corrected chi connectivity index (χ4v) is 8.52. The van der Waals surface area contributed by atoms with E-state index in [0.29, 0.717) is 22.7 Å². The van der Waals surface area contributed by atoms with Crippen molar-refractivity contribution < 1.29 is 33.8 Å². The number of rotatable bonds is 15. The van der Waals surface area contributed by atoms with Crippen LogP contribution >= 0.6 is 27.5 Å². The van der Waals surface area contributed by atoms with E-state index in [1.165, 1.54) is 9.80 Å². The van der Waals surface area contributed by atoms with Crippen LogP contribution < -0.4 is 10.2 Å². The molecular weight excluding hydrogens is 714 g/mol. The van der Waals surface area contributed by atoms with E-state index in [1.807, 2.05) is 32.0 Å². The van der Waals surface area contributed by atoms with E-state index in [4.69, 9.17) is 21.1 Å². The van der Waals surface area contributed by atoms with Gasteiger partial charge in [0.25, 0.3) is 5.91 Å². The van der Waals surface area contributed by atoms with Gasteiger partial charge in [0.1, 0.15) is 17.7 Å². The molecule has 2 N–H and O–H groups in total. The molecule has 49 heavy (non-hydrogen) atoms. The Balaban J connectivity index is 1.52. The number of halogens is 2. The van der Waals surface area contributed by atoms with E-state index in [-0.39, 0.29) is 42.6 Å². The first-order valence-corrected chi connectivity index (χ1v) is 17.8. The van der Waals surface area contributed by atoms with Crippen molar-refractivity contribution >= 4 is 56.9 Å². The van der Waals surface area contributed by atoms with Gasteiger partial charge in [0.15, 0.2) is 0 Å². The first kappa shape index (κ1) is 36.8. The van der Waals surface area contributed by atoms with Crippen LogP contribution in [0.4, 0.5) is 5.69 Å². The molecule has 3 aliphatic rings. The Labute approximate surface area is 300 Å². The molecule has 0 radical (unpaired) electrons. The Hall–Kier alpha value is -3.51. The number of hydrogen-bond donors (Lipinski definition) is 2. The molecule has 8 atom stereocenters. The van der Waals surface area contributed by atoms with Crippen LogP contribution in [0, 0.1) is 17.8 Å². The number of alkyl halides is 1. The van der Waals surface area contributed by atoms with Gasteiger partial charge in [-0.05, 0) is 48.6 Å². The number of aliphatic hydroxyl groups excluding tert-OH is 1. The first-order valence-electron chi connectivity index (χ1n) is 16.5. The maximum atomic E-state index is 14.8. The molecule has 3 fully saturated rings. The van der Waals surface area contributed by atoms with Gasteiger partial charge in [-0.25, -0.2) is 0 Å². The Morgan fingerprint density at radius 2 is 1.86 bits per heavy atom. The molecule has 2 aromatic carbocycles. The fraction of sp³-hybridized carbons (Fsp3) is 0.459. The van der Waals surface area contributed by atoms with Crippen LogP contribution in [-0.2, 0) is 28.7 Å². The summed E-state index contributed by atoms with van der Waals surface area (Å²) in [5.41, 5.74) is -0.164. The Kier molecular flexibility index (Phi) is 11.7. The van der Waals surface area contributed by atoms with Gasteiger partial charge in [-0.3, -0.25) is 19.2 Å². The summed E-state index contributed by atoms with van der Waals surface area (Å²) in [4.78, 5) is 58.9. The van der Waals surface area contributed by atoms with Crippen molar-refractivity contribution in [2.24, 2.45) is 17.8 Å². The number of amides is 3. The second kappa shape index (κ2) is 15.6. The van der Waals surface area contributed by atoms with Gasteiger partial charge in [0, 0.05) is 28.5 Å². The number of nitrogens with one attached hydrogen (secondary N) is 1. The van der Waals surface area contributed by atoms with Crippen LogP contribution in [0.1, 0.15) is 44.8 Å². The quantitative estimate of drug-likeness (QED) is 0.149. The third-order valence-electron chi connectivity index (χ3n) is 9.75. The minimum atomic E-state index is -1.38. The first-order chi connectivity index (χ1) is 23.5. The Morgan fingerprint density at radius 1 is 1.16 bits per heavy atom. The molecule has 1 unspecified atom stereocenters. The molecule has 3 amide bonds. The predicted molar refractivity (Wildman–Crippen MR) is 190 cm³/mol. The van der Waals surface area contributed by atoms with E-state index in [0.717, 1.165) is 0 Å². The van der Waals surface area contributed by atoms with Crippen LogP contribution in [-0.4, -0.2) is 82.0 Å². The van der Waals surface area contributed by atoms with Gasteiger partial charge < -0.3 is 29.7 Å². The van der Waals surface area contributed by atoms with Crippen LogP contribution in [0.2, 0.25) is 5.02 Å². The van der Waals surface area contributed by atoms with Crippen LogP contribution in [0.3, 0.4) is 0 Å². The third kappa shape index (κ3) is 7.08. The number of benzene rings is 2. The lowest BCUT2D eigenvalue weighted by Gasteiger charge is -2.40. The zero-order valence-corrected chi connectivity index (χ0v) is 30.0.